The fourth-order valence-corrected chi connectivity index (χ4v) is 1.87. The van der Waals surface area contributed by atoms with E-state index in [9.17, 15) is 4.39 Å². The fourth-order valence-electron chi connectivity index (χ4n) is 1.87. The zero-order chi connectivity index (χ0) is 13.8. The quantitative estimate of drug-likeness (QED) is 0.912. The lowest BCUT2D eigenvalue weighted by Gasteiger charge is -2.16. The highest BCUT2D eigenvalue weighted by atomic mass is 19.1. The number of aryl methyl sites for hydroxylation is 1. The van der Waals surface area contributed by atoms with Gasteiger partial charge < -0.3 is 5.32 Å². The molecule has 1 atom stereocenters. The summed E-state index contributed by atoms with van der Waals surface area (Å²) in [6.07, 6.45) is 1.65. The second-order valence-electron chi connectivity index (χ2n) is 4.38. The topological polar surface area (TPSA) is 48.7 Å². The van der Waals surface area contributed by atoms with Crippen LogP contribution in [0.4, 0.5) is 10.2 Å². The Balaban J connectivity index is 2.27. The highest BCUT2D eigenvalue weighted by molar-refractivity contribution is 5.56. The van der Waals surface area contributed by atoms with Gasteiger partial charge in [-0.05, 0) is 43.2 Å². The van der Waals surface area contributed by atoms with E-state index in [0.29, 0.717) is 11.4 Å². The van der Waals surface area contributed by atoms with Crippen molar-refractivity contribution in [3.63, 3.8) is 0 Å². The van der Waals surface area contributed by atoms with Crippen LogP contribution >= 0.6 is 0 Å². The van der Waals surface area contributed by atoms with E-state index in [4.69, 9.17) is 5.26 Å². The predicted molar refractivity (Wildman–Crippen MR) is 72.1 cm³/mol. The Morgan fingerprint density at radius 3 is 2.84 bits per heavy atom. The zero-order valence-electron chi connectivity index (χ0n) is 10.8. The van der Waals surface area contributed by atoms with Gasteiger partial charge in [0.15, 0.2) is 0 Å². The number of anilines is 1. The third-order valence-electron chi connectivity index (χ3n) is 2.97. The molecule has 1 aromatic heterocycles. The third-order valence-corrected chi connectivity index (χ3v) is 2.97. The Bertz CT molecular complexity index is 632. The number of nitriles is 1. The van der Waals surface area contributed by atoms with E-state index in [1.165, 1.54) is 12.1 Å². The SMILES string of the molecule is Cc1ccnc(NC(C)c2cccc(F)c2)c1C#N. The molecule has 4 heteroatoms. The van der Waals surface area contributed by atoms with Gasteiger partial charge in [0.25, 0.3) is 0 Å². The number of benzene rings is 1. The molecular formula is C15H14FN3. The van der Waals surface area contributed by atoms with Crippen LogP contribution in [0.15, 0.2) is 36.5 Å². The Hall–Kier alpha value is -2.41. The van der Waals surface area contributed by atoms with Crippen molar-refractivity contribution in [3.8, 4) is 6.07 Å². The molecule has 0 bridgehead atoms. The van der Waals surface area contributed by atoms with Gasteiger partial charge in [-0.15, -0.1) is 0 Å². The van der Waals surface area contributed by atoms with Crippen molar-refractivity contribution in [1.82, 2.24) is 4.98 Å². The van der Waals surface area contributed by atoms with E-state index in [2.05, 4.69) is 16.4 Å². The van der Waals surface area contributed by atoms with Gasteiger partial charge in [-0.1, -0.05) is 12.1 Å². The summed E-state index contributed by atoms with van der Waals surface area (Å²) in [6, 6.07) is 10.2. The van der Waals surface area contributed by atoms with Gasteiger partial charge in [-0.3, -0.25) is 0 Å². The van der Waals surface area contributed by atoms with Gasteiger partial charge in [0.2, 0.25) is 0 Å². The molecule has 0 saturated heterocycles. The summed E-state index contributed by atoms with van der Waals surface area (Å²) < 4.78 is 13.2. The van der Waals surface area contributed by atoms with E-state index in [1.54, 1.807) is 18.3 Å². The Morgan fingerprint density at radius 1 is 1.37 bits per heavy atom. The molecule has 19 heavy (non-hydrogen) atoms. The number of aromatic nitrogens is 1. The van der Waals surface area contributed by atoms with E-state index in [0.717, 1.165) is 11.1 Å². The average Bonchev–Trinajstić information content (AvgIpc) is 2.39. The molecule has 1 unspecified atom stereocenters. The number of hydrogen-bond acceptors (Lipinski definition) is 3. The molecule has 2 rings (SSSR count). The molecule has 0 amide bonds. The summed E-state index contributed by atoms with van der Waals surface area (Å²) in [6.45, 7) is 3.76. The smallest absolute Gasteiger partial charge is 0.144 e. The standard InChI is InChI=1S/C15H14FN3/c1-10-6-7-18-15(14(10)9-17)19-11(2)12-4-3-5-13(16)8-12/h3-8,11H,1-2H3,(H,18,19). The van der Waals surface area contributed by atoms with Crippen molar-refractivity contribution in [2.75, 3.05) is 5.32 Å². The normalized spacial score (nSPS) is 11.7. The fraction of sp³-hybridized carbons (Fsp3) is 0.200. The lowest BCUT2D eigenvalue weighted by molar-refractivity contribution is 0.623. The minimum atomic E-state index is -0.274. The van der Waals surface area contributed by atoms with Crippen molar-refractivity contribution in [2.45, 2.75) is 19.9 Å². The van der Waals surface area contributed by atoms with Gasteiger partial charge >= 0.3 is 0 Å². The first kappa shape index (κ1) is 13.0. The molecule has 0 saturated carbocycles. The van der Waals surface area contributed by atoms with Crippen LogP contribution in [-0.4, -0.2) is 4.98 Å². The van der Waals surface area contributed by atoms with Crippen molar-refractivity contribution in [2.24, 2.45) is 0 Å². The van der Waals surface area contributed by atoms with E-state index in [1.807, 2.05) is 19.9 Å². The molecule has 0 fully saturated rings. The third kappa shape index (κ3) is 2.89. The van der Waals surface area contributed by atoms with Crippen LogP contribution in [-0.2, 0) is 0 Å². The van der Waals surface area contributed by atoms with Gasteiger partial charge in [0.05, 0.1) is 11.6 Å². The summed E-state index contributed by atoms with van der Waals surface area (Å²) in [4.78, 5) is 4.17. The van der Waals surface area contributed by atoms with E-state index < -0.39 is 0 Å². The molecule has 96 valence electrons. The largest absolute Gasteiger partial charge is 0.362 e. The number of rotatable bonds is 3. The van der Waals surface area contributed by atoms with Crippen LogP contribution in [0.25, 0.3) is 0 Å². The average molecular weight is 255 g/mol. The Labute approximate surface area is 111 Å². The summed E-state index contributed by atoms with van der Waals surface area (Å²) in [5.41, 5.74) is 2.20. The van der Waals surface area contributed by atoms with Gasteiger partial charge in [-0.2, -0.15) is 5.26 Å². The number of nitrogens with zero attached hydrogens (tertiary/aromatic N) is 2. The lowest BCUT2D eigenvalue weighted by atomic mass is 10.1. The predicted octanol–water partition coefficient (Wildman–Crippen LogP) is 3.57. The number of halogens is 1. The van der Waals surface area contributed by atoms with Gasteiger partial charge in [-0.25, -0.2) is 9.37 Å². The summed E-state index contributed by atoms with van der Waals surface area (Å²) in [5.74, 6) is 0.253. The second kappa shape index (κ2) is 5.49. The van der Waals surface area contributed by atoms with Crippen LogP contribution in [0.2, 0.25) is 0 Å². The molecule has 0 aliphatic carbocycles. The molecule has 2 aromatic rings. The van der Waals surface area contributed by atoms with Crippen LogP contribution in [0.3, 0.4) is 0 Å². The van der Waals surface area contributed by atoms with Gasteiger partial charge in [0.1, 0.15) is 17.7 Å². The highest BCUT2D eigenvalue weighted by Crippen LogP contribution is 2.22. The number of pyridine rings is 1. The summed E-state index contributed by atoms with van der Waals surface area (Å²) in [5, 5.41) is 12.3. The molecular weight excluding hydrogens is 241 g/mol. The van der Waals surface area contributed by atoms with Crippen molar-refractivity contribution >= 4 is 5.82 Å². The second-order valence-corrected chi connectivity index (χ2v) is 4.38. The van der Waals surface area contributed by atoms with E-state index >= 15 is 0 Å². The van der Waals surface area contributed by atoms with Crippen LogP contribution in [0, 0.1) is 24.1 Å². The molecule has 1 aromatic carbocycles. The molecule has 1 heterocycles. The summed E-state index contributed by atoms with van der Waals surface area (Å²) >= 11 is 0. The first-order chi connectivity index (χ1) is 9.11. The monoisotopic (exact) mass is 255 g/mol. The van der Waals surface area contributed by atoms with Crippen LogP contribution in [0.1, 0.15) is 29.7 Å². The minimum absolute atomic E-state index is 0.128. The molecule has 1 N–H and O–H groups in total. The minimum Gasteiger partial charge on any atom is -0.362 e. The van der Waals surface area contributed by atoms with Gasteiger partial charge in [0, 0.05) is 6.20 Å². The molecule has 0 radical (unpaired) electrons. The first-order valence-electron chi connectivity index (χ1n) is 5.99. The number of nitrogens with one attached hydrogen (secondary N) is 1. The highest BCUT2D eigenvalue weighted by Gasteiger charge is 2.11. The lowest BCUT2D eigenvalue weighted by Crippen LogP contribution is -2.10. The van der Waals surface area contributed by atoms with Crippen molar-refractivity contribution < 1.29 is 4.39 Å². The molecule has 0 aliphatic heterocycles. The Kier molecular flexibility index (Phi) is 3.76. The maximum Gasteiger partial charge on any atom is 0.144 e. The zero-order valence-corrected chi connectivity index (χ0v) is 10.8. The van der Waals surface area contributed by atoms with E-state index in [-0.39, 0.29) is 11.9 Å². The summed E-state index contributed by atoms with van der Waals surface area (Å²) in [7, 11) is 0. The maximum absolute atomic E-state index is 13.2. The first-order valence-corrected chi connectivity index (χ1v) is 5.99. The van der Waals surface area contributed by atoms with Crippen molar-refractivity contribution in [1.29, 1.82) is 5.26 Å². The van der Waals surface area contributed by atoms with Crippen LogP contribution < -0.4 is 5.32 Å². The molecule has 0 aliphatic rings. The number of hydrogen-bond donors (Lipinski definition) is 1. The van der Waals surface area contributed by atoms with Crippen LogP contribution in [0.5, 0.6) is 0 Å². The Morgan fingerprint density at radius 2 is 2.16 bits per heavy atom. The maximum atomic E-state index is 13.2. The molecule has 0 spiro atoms. The van der Waals surface area contributed by atoms with Crippen molar-refractivity contribution in [3.05, 3.63) is 59.0 Å². The molecule has 3 nitrogen and oxygen atoms in total.